The Kier molecular flexibility index (Phi) is 4.01. The molecule has 5 nitrogen and oxygen atoms in total. The minimum Gasteiger partial charge on any atom is -0.480 e. The van der Waals surface area contributed by atoms with E-state index >= 15 is 0 Å². The van der Waals surface area contributed by atoms with Crippen LogP contribution in [0.25, 0.3) is 0 Å². The Bertz CT molecular complexity index is 566. The molecule has 0 aliphatic heterocycles. The van der Waals surface area contributed by atoms with Gasteiger partial charge in [-0.15, -0.1) is 0 Å². The first kappa shape index (κ1) is 14.1. The number of benzene rings is 1. The van der Waals surface area contributed by atoms with Gasteiger partial charge in [0.05, 0.1) is 11.4 Å². The molecule has 1 aromatic rings. The largest absolute Gasteiger partial charge is 0.480 e. The molecule has 2 rings (SSSR count). The van der Waals surface area contributed by atoms with Crippen LogP contribution in [0.2, 0.25) is 5.02 Å². The van der Waals surface area contributed by atoms with Crippen molar-refractivity contribution < 1.29 is 18.3 Å². The maximum Gasteiger partial charge on any atom is 0.324 e. The third-order valence-electron chi connectivity index (χ3n) is 2.87. The summed E-state index contributed by atoms with van der Waals surface area (Å²) < 4.78 is 25.4. The fourth-order valence-corrected chi connectivity index (χ4v) is 3.74. The molecule has 0 aromatic heterocycles. The van der Waals surface area contributed by atoms with E-state index in [0.29, 0.717) is 10.7 Å². The van der Waals surface area contributed by atoms with Gasteiger partial charge in [-0.3, -0.25) is 9.10 Å². The van der Waals surface area contributed by atoms with E-state index in [1.807, 2.05) is 0 Å². The summed E-state index contributed by atoms with van der Waals surface area (Å²) in [5, 5.41) is 9.35. The molecule has 0 radical (unpaired) electrons. The van der Waals surface area contributed by atoms with Crippen molar-refractivity contribution in [3.63, 3.8) is 0 Å². The van der Waals surface area contributed by atoms with Crippen LogP contribution in [-0.2, 0) is 14.8 Å². The number of carbonyl (C=O) groups is 1. The number of halogens is 1. The van der Waals surface area contributed by atoms with E-state index in [0.717, 1.165) is 17.1 Å². The van der Waals surface area contributed by atoms with Crippen LogP contribution in [-0.4, -0.2) is 31.8 Å². The van der Waals surface area contributed by atoms with E-state index < -0.39 is 22.5 Å². The zero-order valence-electron chi connectivity index (χ0n) is 10.1. The Morgan fingerprint density at radius 3 is 2.37 bits per heavy atom. The first-order chi connectivity index (χ1) is 8.88. The van der Waals surface area contributed by atoms with Crippen molar-refractivity contribution in [2.24, 2.45) is 5.92 Å². The summed E-state index contributed by atoms with van der Waals surface area (Å²) in [7, 11) is -3.61. The van der Waals surface area contributed by atoms with Crippen molar-refractivity contribution in [1.82, 2.24) is 0 Å². The van der Waals surface area contributed by atoms with E-state index in [1.165, 1.54) is 12.1 Å². The topological polar surface area (TPSA) is 74.7 Å². The Hall–Kier alpha value is -1.27. The monoisotopic (exact) mass is 303 g/mol. The molecule has 0 saturated heterocycles. The first-order valence-corrected chi connectivity index (χ1v) is 7.85. The standard InChI is InChI=1S/C12H14ClNO4S/c13-10-3-5-11(6-4-10)14(7-12(15)16)19(17,18)8-9-1-2-9/h3-6,9H,1-2,7-8H2,(H,15,16). The van der Waals surface area contributed by atoms with Gasteiger partial charge in [0, 0.05) is 5.02 Å². The SMILES string of the molecule is O=C(O)CN(c1ccc(Cl)cc1)S(=O)(=O)CC1CC1. The summed E-state index contributed by atoms with van der Waals surface area (Å²) in [6.07, 6.45) is 1.78. The van der Waals surface area contributed by atoms with Crippen molar-refractivity contribution in [2.45, 2.75) is 12.8 Å². The third-order valence-corrected chi connectivity index (χ3v) is 5.03. The van der Waals surface area contributed by atoms with E-state index in [4.69, 9.17) is 16.7 Å². The second kappa shape index (κ2) is 5.38. The second-order valence-corrected chi connectivity index (χ2v) is 6.97. The lowest BCUT2D eigenvalue weighted by molar-refractivity contribution is -0.135. The molecule has 0 heterocycles. The number of nitrogens with zero attached hydrogens (tertiary/aromatic N) is 1. The third kappa shape index (κ3) is 3.84. The quantitative estimate of drug-likeness (QED) is 0.872. The summed E-state index contributed by atoms with van der Waals surface area (Å²) in [4.78, 5) is 10.9. The second-order valence-electron chi connectivity index (χ2n) is 4.60. The van der Waals surface area contributed by atoms with Gasteiger partial charge in [0.25, 0.3) is 0 Å². The molecule has 1 aliphatic rings. The van der Waals surface area contributed by atoms with Gasteiger partial charge in [-0.2, -0.15) is 0 Å². The number of anilines is 1. The normalized spacial score (nSPS) is 15.2. The lowest BCUT2D eigenvalue weighted by atomic mass is 10.3. The van der Waals surface area contributed by atoms with Crippen molar-refractivity contribution in [2.75, 3.05) is 16.6 Å². The molecule has 0 unspecified atom stereocenters. The molecule has 1 N–H and O–H groups in total. The van der Waals surface area contributed by atoms with Crippen molar-refractivity contribution in [3.8, 4) is 0 Å². The van der Waals surface area contributed by atoms with Gasteiger partial charge in [0.15, 0.2) is 0 Å². The number of hydrogen-bond acceptors (Lipinski definition) is 3. The number of hydrogen-bond donors (Lipinski definition) is 1. The van der Waals surface area contributed by atoms with Crippen molar-refractivity contribution in [1.29, 1.82) is 0 Å². The predicted octanol–water partition coefficient (Wildman–Crippen LogP) is 1.97. The highest BCUT2D eigenvalue weighted by atomic mass is 35.5. The number of carboxylic acids is 1. The Labute approximate surface area is 116 Å². The minimum atomic E-state index is -3.61. The fraction of sp³-hybridized carbons (Fsp3) is 0.417. The lowest BCUT2D eigenvalue weighted by Gasteiger charge is -2.22. The van der Waals surface area contributed by atoms with Crippen molar-refractivity contribution in [3.05, 3.63) is 29.3 Å². The summed E-state index contributed by atoms with van der Waals surface area (Å²) >= 11 is 5.75. The van der Waals surface area contributed by atoms with Gasteiger partial charge in [-0.25, -0.2) is 8.42 Å². The number of sulfonamides is 1. The average Bonchev–Trinajstić information content (AvgIpc) is 3.10. The smallest absolute Gasteiger partial charge is 0.324 e. The molecule has 104 valence electrons. The van der Waals surface area contributed by atoms with Crippen molar-refractivity contribution >= 4 is 33.3 Å². The van der Waals surface area contributed by atoms with Gasteiger partial charge < -0.3 is 5.11 Å². The van der Waals surface area contributed by atoms with Crippen LogP contribution in [0.5, 0.6) is 0 Å². The molecule has 0 spiro atoms. The zero-order chi connectivity index (χ0) is 14.0. The molecule has 7 heteroatoms. The van der Waals surface area contributed by atoms with Gasteiger partial charge in [-0.05, 0) is 43.0 Å². The van der Waals surface area contributed by atoms with Crippen LogP contribution in [0.15, 0.2) is 24.3 Å². The molecule has 1 fully saturated rings. The minimum absolute atomic E-state index is 0.00288. The van der Waals surface area contributed by atoms with E-state index in [9.17, 15) is 13.2 Å². The predicted molar refractivity (Wildman–Crippen MR) is 72.9 cm³/mol. The van der Waals surface area contributed by atoms with Gasteiger partial charge >= 0.3 is 5.97 Å². The van der Waals surface area contributed by atoms with Crippen LogP contribution >= 0.6 is 11.6 Å². The van der Waals surface area contributed by atoms with Gasteiger partial charge in [-0.1, -0.05) is 11.6 Å². The molecule has 0 atom stereocenters. The molecule has 0 amide bonds. The summed E-state index contributed by atoms with van der Waals surface area (Å²) in [5.74, 6) is -1.02. The molecule has 1 aliphatic carbocycles. The summed E-state index contributed by atoms with van der Waals surface area (Å²) in [6, 6.07) is 6.10. The molecule has 1 saturated carbocycles. The summed E-state index contributed by atoms with van der Waals surface area (Å²) in [6.45, 7) is -0.573. The van der Waals surface area contributed by atoms with Crippen LogP contribution < -0.4 is 4.31 Å². The maximum atomic E-state index is 12.2. The average molecular weight is 304 g/mol. The highest BCUT2D eigenvalue weighted by Crippen LogP contribution is 2.32. The molecular formula is C12H14ClNO4S. The molecule has 0 bridgehead atoms. The Morgan fingerprint density at radius 1 is 1.32 bits per heavy atom. The highest BCUT2D eigenvalue weighted by Gasteiger charge is 2.33. The highest BCUT2D eigenvalue weighted by molar-refractivity contribution is 7.92. The van der Waals surface area contributed by atoms with E-state index in [2.05, 4.69) is 0 Å². The van der Waals surface area contributed by atoms with Crippen LogP contribution in [0.4, 0.5) is 5.69 Å². The number of rotatable bonds is 6. The van der Waals surface area contributed by atoms with E-state index in [1.54, 1.807) is 12.1 Å². The van der Waals surface area contributed by atoms with Gasteiger partial charge in [0.2, 0.25) is 10.0 Å². The summed E-state index contributed by atoms with van der Waals surface area (Å²) in [5.41, 5.74) is 0.326. The fourth-order valence-electron chi connectivity index (χ4n) is 1.75. The molecule has 1 aromatic carbocycles. The Morgan fingerprint density at radius 2 is 1.89 bits per heavy atom. The van der Waals surface area contributed by atoms with E-state index in [-0.39, 0.29) is 11.7 Å². The first-order valence-electron chi connectivity index (χ1n) is 5.86. The lowest BCUT2D eigenvalue weighted by Crippen LogP contribution is -2.37. The van der Waals surface area contributed by atoms with Crippen LogP contribution in [0.3, 0.4) is 0 Å². The van der Waals surface area contributed by atoms with Crippen LogP contribution in [0, 0.1) is 5.92 Å². The number of carboxylic acid groups (broad SMARTS) is 1. The zero-order valence-corrected chi connectivity index (χ0v) is 11.7. The maximum absolute atomic E-state index is 12.2. The Balaban J connectivity index is 2.28. The molecule has 19 heavy (non-hydrogen) atoms. The molecular weight excluding hydrogens is 290 g/mol. The van der Waals surface area contributed by atoms with Crippen LogP contribution in [0.1, 0.15) is 12.8 Å². The van der Waals surface area contributed by atoms with Gasteiger partial charge in [0.1, 0.15) is 6.54 Å². The number of aliphatic carboxylic acids is 1.